The number of rotatable bonds is 4. The van der Waals surface area contributed by atoms with E-state index in [1.54, 1.807) is 12.1 Å². The van der Waals surface area contributed by atoms with E-state index in [0.717, 1.165) is 37.2 Å². The normalized spacial score (nSPS) is 25.6. The highest BCUT2D eigenvalue weighted by Crippen LogP contribution is 2.33. The van der Waals surface area contributed by atoms with Crippen LogP contribution in [-0.4, -0.2) is 23.2 Å². The first-order valence-corrected chi connectivity index (χ1v) is 7.80. The van der Waals surface area contributed by atoms with Crippen LogP contribution in [0.4, 0.5) is 5.69 Å². The van der Waals surface area contributed by atoms with Gasteiger partial charge in [-0.1, -0.05) is 19.4 Å². The van der Waals surface area contributed by atoms with E-state index < -0.39 is 5.60 Å². The van der Waals surface area contributed by atoms with Crippen molar-refractivity contribution in [3.63, 3.8) is 0 Å². The molecule has 1 aliphatic carbocycles. The summed E-state index contributed by atoms with van der Waals surface area (Å²) in [4.78, 5) is 12.2. The molecule has 1 aromatic carbocycles. The summed E-state index contributed by atoms with van der Waals surface area (Å²) < 4.78 is 0. The van der Waals surface area contributed by atoms with Crippen LogP contribution < -0.4 is 11.1 Å². The van der Waals surface area contributed by atoms with Crippen LogP contribution >= 0.6 is 0 Å². The van der Waals surface area contributed by atoms with Gasteiger partial charge in [0.15, 0.2) is 0 Å². The molecule has 1 aliphatic rings. The lowest BCUT2D eigenvalue weighted by molar-refractivity contribution is -0.00787. The molecule has 0 saturated heterocycles. The zero-order valence-electron chi connectivity index (χ0n) is 13.0. The van der Waals surface area contributed by atoms with Gasteiger partial charge in [-0.15, -0.1) is 0 Å². The molecule has 2 rings (SSSR count). The summed E-state index contributed by atoms with van der Waals surface area (Å²) in [6.07, 6.45) is 4.79. The van der Waals surface area contributed by atoms with Gasteiger partial charge in [0.1, 0.15) is 0 Å². The quantitative estimate of drug-likeness (QED) is 0.746. The maximum absolute atomic E-state index is 12.2. The van der Waals surface area contributed by atoms with E-state index >= 15 is 0 Å². The van der Waals surface area contributed by atoms with Crippen LogP contribution in [0.15, 0.2) is 18.2 Å². The van der Waals surface area contributed by atoms with Crippen molar-refractivity contribution < 1.29 is 9.90 Å². The van der Waals surface area contributed by atoms with Crippen LogP contribution in [0.25, 0.3) is 0 Å². The van der Waals surface area contributed by atoms with Crippen molar-refractivity contribution in [1.29, 1.82) is 0 Å². The van der Waals surface area contributed by atoms with Gasteiger partial charge in [0.25, 0.3) is 5.91 Å². The fourth-order valence-corrected chi connectivity index (χ4v) is 3.02. The fraction of sp³-hybridized carbons (Fsp3) is 0.588. The molecule has 0 aromatic heterocycles. The third-order valence-electron chi connectivity index (χ3n) is 4.70. The van der Waals surface area contributed by atoms with E-state index in [4.69, 9.17) is 5.73 Å². The summed E-state index contributed by atoms with van der Waals surface area (Å²) in [7, 11) is 0. The summed E-state index contributed by atoms with van der Waals surface area (Å²) in [5.41, 5.74) is 7.03. The fourth-order valence-electron chi connectivity index (χ4n) is 3.02. The van der Waals surface area contributed by atoms with Crippen molar-refractivity contribution in [2.45, 2.75) is 51.6 Å². The Balaban J connectivity index is 1.93. The molecule has 1 amide bonds. The number of carbonyl (C=O) groups is 1. The number of aryl methyl sites for hydroxylation is 1. The van der Waals surface area contributed by atoms with Crippen LogP contribution in [0, 0.1) is 12.8 Å². The first kappa shape index (κ1) is 15.8. The molecule has 4 nitrogen and oxygen atoms in total. The molecule has 0 aliphatic heterocycles. The van der Waals surface area contributed by atoms with E-state index in [1.807, 2.05) is 13.0 Å². The lowest BCUT2D eigenvalue weighted by Gasteiger charge is -2.35. The summed E-state index contributed by atoms with van der Waals surface area (Å²) >= 11 is 0. The Bertz CT molecular complexity index is 506. The van der Waals surface area contributed by atoms with Crippen LogP contribution in [0.3, 0.4) is 0 Å². The monoisotopic (exact) mass is 290 g/mol. The Hall–Kier alpha value is -1.55. The highest BCUT2D eigenvalue weighted by Gasteiger charge is 2.33. The van der Waals surface area contributed by atoms with E-state index in [0.29, 0.717) is 17.8 Å². The summed E-state index contributed by atoms with van der Waals surface area (Å²) in [6, 6.07) is 5.31. The molecule has 1 aromatic rings. The average molecular weight is 290 g/mol. The minimum atomic E-state index is -0.754. The van der Waals surface area contributed by atoms with E-state index in [-0.39, 0.29) is 5.91 Å². The van der Waals surface area contributed by atoms with E-state index in [2.05, 4.69) is 12.2 Å². The molecule has 4 heteroatoms. The number of hydrogen-bond donors (Lipinski definition) is 3. The molecule has 4 N–H and O–H groups in total. The molecule has 0 atom stereocenters. The smallest absolute Gasteiger partial charge is 0.251 e. The summed E-state index contributed by atoms with van der Waals surface area (Å²) in [5, 5.41) is 13.4. The molecule has 0 unspecified atom stereocenters. The highest BCUT2D eigenvalue weighted by molar-refractivity contribution is 5.96. The van der Waals surface area contributed by atoms with Crippen LogP contribution in [0.1, 0.15) is 54.9 Å². The highest BCUT2D eigenvalue weighted by atomic mass is 16.3. The van der Waals surface area contributed by atoms with Crippen molar-refractivity contribution in [1.82, 2.24) is 5.32 Å². The number of amides is 1. The lowest BCUT2D eigenvalue weighted by atomic mass is 9.78. The minimum Gasteiger partial charge on any atom is -0.399 e. The van der Waals surface area contributed by atoms with Gasteiger partial charge in [-0.3, -0.25) is 4.79 Å². The second-order valence-corrected chi connectivity index (χ2v) is 6.33. The number of nitrogens with one attached hydrogen (secondary N) is 1. The third-order valence-corrected chi connectivity index (χ3v) is 4.70. The van der Waals surface area contributed by atoms with Gasteiger partial charge < -0.3 is 16.2 Å². The van der Waals surface area contributed by atoms with Gasteiger partial charge in [-0.2, -0.15) is 0 Å². The number of benzene rings is 1. The number of aliphatic hydroxyl groups is 1. The zero-order chi connectivity index (χ0) is 15.5. The Kier molecular flexibility index (Phi) is 4.88. The SMILES string of the molecule is CCC1CCC(O)(CNC(=O)c2cc(N)ccc2C)CC1. The second-order valence-electron chi connectivity index (χ2n) is 6.33. The maximum atomic E-state index is 12.2. The van der Waals surface area contributed by atoms with Gasteiger partial charge in [-0.05, 0) is 56.2 Å². The lowest BCUT2D eigenvalue weighted by Crippen LogP contribution is -2.45. The van der Waals surface area contributed by atoms with Gasteiger partial charge in [0.2, 0.25) is 0 Å². The molecule has 0 bridgehead atoms. The average Bonchev–Trinajstić information content (AvgIpc) is 2.48. The second kappa shape index (κ2) is 6.48. The molecule has 116 valence electrons. The maximum Gasteiger partial charge on any atom is 0.251 e. The Morgan fingerprint density at radius 3 is 2.71 bits per heavy atom. The van der Waals surface area contributed by atoms with Crippen LogP contribution in [0.2, 0.25) is 0 Å². The molecule has 21 heavy (non-hydrogen) atoms. The van der Waals surface area contributed by atoms with Crippen molar-refractivity contribution in [2.24, 2.45) is 5.92 Å². The summed E-state index contributed by atoms with van der Waals surface area (Å²) in [5.74, 6) is 0.558. The van der Waals surface area contributed by atoms with Crippen molar-refractivity contribution in [2.75, 3.05) is 12.3 Å². The standard InChI is InChI=1S/C17H26N2O2/c1-3-13-6-8-17(21,9-7-13)11-19-16(20)15-10-14(18)5-4-12(15)2/h4-5,10,13,21H,3,6-9,11,18H2,1-2H3,(H,19,20). The Morgan fingerprint density at radius 2 is 2.10 bits per heavy atom. The van der Waals surface area contributed by atoms with E-state index in [1.165, 1.54) is 6.42 Å². The van der Waals surface area contributed by atoms with Gasteiger partial charge in [0.05, 0.1) is 5.60 Å². The Labute approximate surface area is 126 Å². The van der Waals surface area contributed by atoms with Gasteiger partial charge >= 0.3 is 0 Å². The van der Waals surface area contributed by atoms with Crippen molar-refractivity contribution in [3.05, 3.63) is 29.3 Å². The minimum absolute atomic E-state index is 0.161. The number of hydrogen-bond acceptors (Lipinski definition) is 3. The number of anilines is 1. The van der Waals surface area contributed by atoms with Crippen LogP contribution in [-0.2, 0) is 0 Å². The number of nitrogens with two attached hydrogens (primary N) is 1. The molecule has 0 radical (unpaired) electrons. The largest absolute Gasteiger partial charge is 0.399 e. The van der Waals surface area contributed by atoms with E-state index in [9.17, 15) is 9.90 Å². The number of carbonyl (C=O) groups excluding carboxylic acids is 1. The predicted octanol–water partition coefficient (Wildman–Crippen LogP) is 2.64. The molecule has 1 fully saturated rings. The Morgan fingerprint density at radius 1 is 1.43 bits per heavy atom. The first-order chi connectivity index (χ1) is 9.93. The first-order valence-electron chi connectivity index (χ1n) is 7.80. The zero-order valence-corrected chi connectivity index (χ0v) is 13.0. The molecular formula is C17H26N2O2. The van der Waals surface area contributed by atoms with Crippen LogP contribution in [0.5, 0.6) is 0 Å². The van der Waals surface area contributed by atoms with Crippen molar-refractivity contribution in [3.8, 4) is 0 Å². The molecule has 0 heterocycles. The third kappa shape index (κ3) is 3.97. The summed E-state index contributed by atoms with van der Waals surface area (Å²) in [6.45, 7) is 4.39. The van der Waals surface area contributed by atoms with Gasteiger partial charge in [0, 0.05) is 17.8 Å². The van der Waals surface area contributed by atoms with Crippen molar-refractivity contribution >= 4 is 11.6 Å². The van der Waals surface area contributed by atoms with Gasteiger partial charge in [-0.25, -0.2) is 0 Å². The molecule has 1 saturated carbocycles. The number of nitrogen functional groups attached to an aromatic ring is 1. The predicted molar refractivity (Wildman–Crippen MR) is 85.1 cm³/mol. The topological polar surface area (TPSA) is 75.3 Å². The molecular weight excluding hydrogens is 264 g/mol. The molecule has 0 spiro atoms.